The number of ether oxygens (including phenoxy) is 1. The summed E-state index contributed by atoms with van der Waals surface area (Å²) in [6.07, 6.45) is 0. The molecule has 3 rings (SSSR count). The van der Waals surface area contributed by atoms with Crippen molar-refractivity contribution in [2.75, 3.05) is 17.2 Å². The van der Waals surface area contributed by atoms with Crippen LogP contribution in [0.2, 0.25) is 5.02 Å². The van der Waals surface area contributed by atoms with Gasteiger partial charge < -0.3 is 15.4 Å². The maximum atomic E-state index is 13.1. The molecule has 0 spiro atoms. The van der Waals surface area contributed by atoms with Gasteiger partial charge in [-0.3, -0.25) is 4.79 Å². The Morgan fingerprint density at radius 1 is 0.963 bits per heavy atom. The fraction of sp³-hybridized carbons (Fsp3) is 0.0952. The Balaban J connectivity index is 1.47. The van der Waals surface area contributed by atoms with Gasteiger partial charge in [0.1, 0.15) is 18.2 Å². The number of anilines is 2. The van der Waals surface area contributed by atoms with E-state index >= 15 is 0 Å². The zero-order valence-electron chi connectivity index (χ0n) is 14.4. The van der Waals surface area contributed by atoms with E-state index in [0.29, 0.717) is 18.0 Å². The van der Waals surface area contributed by atoms with Crippen LogP contribution in [0, 0.1) is 5.82 Å². The van der Waals surface area contributed by atoms with Gasteiger partial charge in [0.2, 0.25) is 5.91 Å². The lowest BCUT2D eigenvalue weighted by molar-refractivity contribution is -0.114. The smallest absolute Gasteiger partial charge is 0.243 e. The van der Waals surface area contributed by atoms with E-state index in [9.17, 15) is 9.18 Å². The third kappa shape index (κ3) is 5.72. The second-order valence-electron chi connectivity index (χ2n) is 5.83. The van der Waals surface area contributed by atoms with E-state index in [-0.39, 0.29) is 17.5 Å². The van der Waals surface area contributed by atoms with Gasteiger partial charge in [-0.25, -0.2) is 4.39 Å². The molecule has 0 bridgehead atoms. The van der Waals surface area contributed by atoms with Gasteiger partial charge in [-0.05, 0) is 48.0 Å². The predicted molar refractivity (Wildman–Crippen MR) is 106 cm³/mol. The van der Waals surface area contributed by atoms with Gasteiger partial charge in [-0.15, -0.1) is 0 Å². The van der Waals surface area contributed by atoms with Crippen molar-refractivity contribution >= 4 is 28.9 Å². The van der Waals surface area contributed by atoms with Crippen molar-refractivity contribution in [3.8, 4) is 5.75 Å². The first-order valence-electron chi connectivity index (χ1n) is 8.36. The van der Waals surface area contributed by atoms with Crippen molar-refractivity contribution in [2.45, 2.75) is 6.61 Å². The molecule has 0 aromatic heterocycles. The highest BCUT2D eigenvalue weighted by atomic mass is 35.5. The van der Waals surface area contributed by atoms with Crippen LogP contribution in [0.15, 0.2) is 72.8 Å². The Morgan fingerprint density at radius 2 is 1.67 bits per heavy atom. The number of carbonyl (C=O) groups excluding carboxylic acids is 1. The van der Waals surface area contributed by atoms with E-state index in [0.717, 1.165) is 11.3 Å². The number of rotatable bonds is 7. The van der Waals surface area contributed by atoms with E-state index in [1.807, 2.05) is 30.3 Å². The first kappa shape index (κ1) is 18.7. The van der Waals surface area contributed by atoms with Crippen molar-refractivity contribution < 1.29 is 13.9 Å². The first-order chi connectivity index (χ1) is 13.1. The number of halogens is 2. The van der Waals surface area contributed by atoms with Gasteiger partial charge in [-0.2, -0.15) is 0 Å². The number of carbonyl (C=O) groups is 1. The van der Waals surface area contributed by atoms with Gasteiger partial charge in [-0.1, -0.05) is 41.9 Å². The maximum absolute atomic E-state index is 13.1. The summed E-state index contributed by atoms with van der Waals surface area (Å²) in [5.41, 5.74) is 2.31. The monoisotopic (exact) mass is 384 g/mol. The number of amides is 1. The zero-order chi connectivity index (χ0) is 19.1. The molecule has 0 radical (unpaired) electrons. The van der Waals surface area contributed by atoms with Crippen LogP contribution in [0.4, 0.5) is 15.8 Å². The topological polar surface area (TPSA) is 50.4 Å². The molecule has 0 atom stereocenters. The number of hydrogen-bond donors (Lipinski definition) is 2. The van der Waals surface area contributed by atoms with Crippen molar-refractivity contribution in [1.82, 2.24) is 0 Å². The molecular weight excluding hydrogens is 367 g/mol. The van der Waals surface area contributed by atoms with Gasteiger partial charge in [0.25, 0.3) is 0 Å². The molecular formula is C21H18ClFN2O2. The quantitative estimate of drug-likeness (QED) is 0.595. The highest BCUT2D eigenvalue weighted by Gasteiger charge is 2.05. The Labute approximate surface area is 161 Å². The first-order valence-corrected chi connectivity index (χ1v) is 8.73. The molecule has 0 aliphatic rings. The molecule has 1 amide bonds. The molecule has 138 valence electrons. The van der Waals surface area contributed by atoms with Crippen LogP contribution in [0.1, 0.15) is 5.56 Å². The van der Waals surface area contributed by atoms with E-state index in [2.05, 4.69) is 10.6 Å². The Morgan fingerprint density at radius 3 is 2.37 bits per heavy atom. The highest BCUT2D eigenvalue weighted by Crippen LogP contribution is 2.19. The second-order valence-corrected chi connectivity index (χ2v) is 6.24. The van der Waals surface area contributed by atoms with Crippen molar-refractivity contribution in [1.29, 1.82) is 0 Å². The SMILES string of the molecule is O=C(CNc1ccc(F)c(Cl)c1)Nc1ccc(OCc2ccccc2)cc1. The summed E-state index contributed by atoms with van der Waals surface area (Å²) in [6.45, 7) is 0.519. The van der Waals surface area contributed by atoms with E-state index in [1.165, 1.54) is 18.2 Å². The molecule has 4 nitrogen and oxygen atoms in total. The predicted octanol–water partition coefficient (Wildman–Crippen LogP) is 5.11. The lowest BCUT2D eigenvalue weighted by Gasteiger charge is -2.10. The minimum absolute atomic E-state index is 0.00602. The third-order valence-corrected chi connectivity index (χ3v) is 4.05. The molecule has 0 saturated carbocycles. The molecule has 6 heteroatoms. The Hall–Kier alpha value is -3.05. The van der Waals surface area contributed by atoms with Gasteiger partial charge in [0.05, 0.1) is 11.6 Å². The molecule has 0 fully saturated rings. The maximum Gasteiger partial charge on any atom is 0.243 e. The largest absolute Gasteiger partial charge is 0.489 e. The molecule has 27 heavy (non-hydrogen) atoms. The molecule has 0 aliphatic heterocycles. The summed E-state index contributed by atoms with van der Waals surface area (Å²) < 4.78 is 18.8. The fourth-order valence-corrected chi connectivity index (χ4v) is 2.55. The lowest BCUT2D eigenvalue weighted by Crippen LogP contribution is -2.21. The molecule has 2 N–H and O–H groups in total. The van der Waals surface area contributed by atoms with Crippen LogP contribution in [-0.2, 0) is 11.4 Å². The van der Waals surface area contributed by atoms with Gasteiger partial charge >= 0.3 is 0 Å². The van der Waals surface area contributed by atoms with Gasteiger partial charge in [0.15, 0.2) is 0 Å². The van der Waals surface area contributed by atoms with E-state index in [1.54, 1.807) is 24.3 Å². The number of nitrogens with one attached hydrogen (secondary N) is 2. The number of hydrogen-bond acceptors (Lipinski definition) is 3. The van der Waals surface area contributed by atoms with Crippen LogP contribution in [0.3, 0.4) is 0 Å². The third-order valence-electron chi connectivity index (χ3n) is 3.76. The minimum atomic E-state index is -0.499. The van der Waals surface area contributed by atoms with Gasteiger partial charge in [0, 0.05) is 11.4 Å². The van der Waals surface area contributed by atoms with Crippen molar-refractivity contribution in [2.24, 2.45) is 0 Å². The lowest BCUT2D eigenvalue weighted by atomic mass is 10.2. The standard InChI is InChI=1S/C21H18ClFN2O2/c22-19-12-17(8-11-20(19)23)24-13-21(26)25-16-6-9-18(10-7-16)27-14-15-4-2-1-3-5-15/h1-12,24H,13-14H2,(H,25,26). The molecule has 3 aromatic carbocycles. The Bertz CT molecular complexity index is 902. The molecule has 0 unspecified atom stereocenters. The summed E-state index contributed by atoms with van der Waals surface area (Å²) in [4.78, 5) is 12.0. The Kier molecular flexibility index (Phi) is 6.28. The van der Waals surface area contributed by atoms with Crippen LogP contribution < -0.4 is 15.4 Å². The minimum Gasteiger partial charge on any atom is -0.489 e. The summed E-state index contributed by atoms with van der Waals surface area (Å²) in [5.74, 6) is -0.00873. The zero-order valence-corrected chi connectivity index (χ0v) is 15.2. The van der Waals surface area contributed by atoms with Crippen LogP contribution in [0.25, 0.3) is 0 Å². The van der Waals surface area contributed by atoms with Crippen LogP contribution >= 0.6 is 11.6 Å². The summed E-state index contributed by atoms with van der Waals surface area (Å²) in [5, 5.41) is 5.68. The normalized spacial score (nSPS) is 10.3. The highest BCUT2D eigenvalue weighted by molar-refractivity contribution is 6.31. The molecule has 0 saturated heterocycles. The number of benzene rings is 3. The second kappa shape index (κ2) is 9.05. The molecule has 0 heterocycles. The molecule has 0 aliphatic carbocycles. The van der Waals surface area contributed by atoms with Crippen molar-refractivity contribution in [3.05, 3.63) is 89.2 Å². The molecule has 3 aromatic rings. The van der Waals surface area contributed by atoms with Crippen molar-refractivity contribution in [3.63, 3.8) is 0 Å². The average molecular weight is 385 g/mol. The van der Waals surface area contributed by atoms with Crippen LogP contribution in [0.5, 0.6) is 5.75 Å². The summed E-state index contributed by atoms with van der Waals surface area (Å²) in [6, 6.07) is 21.2. The fourth-order valence-electron chi connectivity index (χ4n) is 2.37. The average Bonchev–Trinajstić information content (AvgIpc) is 2.69. The summed E-state index contributed by atoms with van der Waals surface area (Å²) >= 11 is 5.71. The van der Waals surface area contributed by atoms with E-state index in [4.69, 9.17) is 16.3 Å². The van der Waals surface area contributed by atoms with Crippen LogP contribution in [-0.4, -0.2) is 12.5 Å². The van der Waals surface area contributed by atoms with E-state index < -0.39 is 5.82 Å². The summed E-state index contributed by atoms with van der Waals surface area (Å²) in [7, 11) is 0.